The lowest BCUT2D eigenvalue weighted by Crippen LogP contribution is -2.50. The number of aryl methyl sites for hydroxylation is 1. The number of hydrogen-bond acceptors (Lipinski definition) is 5. The van der Waals surface area contributed by atoms with Crippen LogP contribution in [-0.2, 0) is 16.0 Å². The van der Waals surface area contributed by atoms with Gasteiger partial charge >= 0.3 is 0 Å². The number of amides is 2. The van der Waals surface area contributed by atoms with E-state index in [0.29, 0.717) is 49.7 Å². The van der Waals surface area contributed by atoms with Gasteiger partial charge in [0.25, 0.3) is 0 Å². The molecule has 2 aromatic carbocycles. The van der Waals surface area contributed by atoms with Crippen LogP contribution in [-0.4, -0.2) is 61.1 Å². The molecule has 0 radical (unpaired) electrons. The number of benzene rings is 2. The van der Waals surface area contributed by atoms with Gasteiger partial charge in [-0.25, -0.2) is 0 Å². The van der Waals surface area contributed by atoms with Crippen LogP contribution in [0.15, 0.2) is 42.5 Å². The van der Waals surface area contributed by atoms with E-state index in [0.717, 1.165) is 17.1 Å². The van der Waals surface area contributed by atoms with Gasteiger partial charge in [-0.2, -0.15) is 0 Å². The number of carbonyl (C=O) groups excluding carboxylic acids is 2. The molecule has 0 bridgehead atoms. The predicted octanol–water partition coefficient (Wildman–Crippen LogP) is 2.78. The maximum atomic E-state index is 12.6. The Morgan fingerprint density at radius 2 is 1.77 bits per heavy atom. The number of nitrogens with zero attached hydrogens (tertiary/aromatic N) is 2. The number of anilines is 1. The largest absolute Gasteiger partial charge is 0.454 e. The second kappa shape index (κ2) is 9.36. The Morgan fingerprint density at radius 3 is 2.57 bits per heavy atom. The number of piperazine rings is 1. The fraction of sp³-hybridized carbons (Fsp3) is 0.364. The predicted molar refractivity (Wildman–Crippen MR) is 114 cm³/mol. The number of ether oxygens (including phenoxy) is 2. The molecule has 2 aliphatic heterocycles. The molecule has 0 unspecified atom stereocenters. The number of halogens is 1. The van der Waals surface area contributed by atoms with Crippen LogP contribution in [0.25, 0.3) is 0 Å². The Bertz CT molecular complexity index is 928. The molecule has 158 valence electrons. The van der Waals surface area contributed by atoms with Gasteiger partial charge < -0.3 is 19.7 Å². The summed E-state index contributed by atoms with van der Waals surface area (Å²) in [5.74, 6) is 1.52. The Kier molecular flexibility index (Phi) is 6.40. The molecule has 2 aromatic rings. The lowest BCUT2D eigenvalue weighted by Gasteiger charge is -2.34. The van der Waals surface area contributed by atoms with E-state index >= 15 is 0 Å². The van der Waals surface area contributed by atoms with E-state index < -0.39 is 0 Å². The Balaban J connectivity index is 1.20. The molecule has 1 N–H and O–H groups in total. The van der Waals surface area contributed by atoms with Crippen LogP contribution in [0.1, 0.15) is 12.0 Å². The van der Waals surface area contributed by atoms with Gasteiger partial charge in [0, 0.05) is 32.6 Å². The Labute approximate surface area is 180 Å². The number of rotatable bonds is 6. The van der Waals surface area contributed by atoms with E-state index in [1.54, 1.807) is 12.1 Å². The van der Waals surface area contributed by atoms with E-state index in [4.69, 9.17) is 21.1 Å². The van der Waals surface area contributed by atoms with Crippen molar-refractivity contribution in [3.63, 3.8) is 0 Å². The van der Waals surface area contributed by atoms with Gasteiger partial charge in [0.2, 0.25) is 18.6 Å². The van der Waals surface area contributed by atoms with E-state index in [1.165, 1.54) is 0 Å². The van der Waals surface area contributed by atoms with Crippen molar-refractivity contribution in [2.45, 2.75) is 12.8 Å². The van der Waals surface area contributed by atoms with Gasteiger partial charge in [-0.3, -0.25) is 14.5 Å². The smallest absolute Gasteiger partial charge is 0.238 e. The molecule has 0 aliphatic carbocycles. The van der Waals surface area contributed by atoms with Crippen LogP contribution in [0.4, 0.5) is 5.69 Å². The highest BCUT2D eigenvalue weighted by atomic mass is 35.5. The minimum atomic E-state index is -0.106. The summed E-state index contributed by atoms with van der Waals surface area (Å²) >= 11 is 6.08. The summed E-state index contributed by atoms with van der Waals surface area (Å²) in [4.78, 5) is 28.8. The fourth-order valence-electron chi connectivity index (χ4n) is 3.62. The molecule has 0 atom stereocenters. The van der Waals surface area contributed by atoms with Crippen molar-refractivity contribution < 1.29 is 19.1 Å². The zero-order chi connectivity index (χ0) is 20.9. The first kappa shape index (κ1) is 20.5. The maximum Gasteiger partial charge on any atom is 0.238 e. The highest BCUT2D eigenvalue weighted by molar-refractivity contribution is 6.33. The molecule has 0 saturated carbocycles. The minimum Gasteiger partial charge on any atom is -0.454 e. The van der Waals surface area contributed by atoms with E-state index in [-0.39, 0.29) is 25.2 Å². The molecule has 4 rings (SSSR count). The molecule has 2 amide bonds. The van der Waals surface area contributed by atoms with Gasteiger partial charge in [0.15, 0.2) is 11.5 Å². The van der Waals surface area contributed by atoms with E-state index in [2.05, 4.69) is 5.32 Å². The standard InChI is InChI=1S/C22H24ClN3O4/c23-17-3-1-2-4-18(17)24-21(27)14-25-9-11-26(12-10-25)22(28)8-6-16-5-7-19-20(13-16)30-15-29-19/h1-5,7,13H,6,8-12,14-15H2,(H,24,27). The van der Waals surface area contributed by atoms with Crippen molar-refractivity contribution in [3.05, 3.63) is 53.1 Å². The highest BCUT2D eigenvalue weighted by Crippen LogP contribution is 2.32. The summed E-state index contributed by atoms with van der Waals surface area (Å²) in [5.41, 5.74) is 1.67. The lowest BCUT2D eigenvalue weighted by atomic mass is 10.1. The molecule has 0 spiro atoms. The summed E-state index contributed by atoms with van der Waals surface area (Å²) < 4.78 is 10.7. The van der Waals surface area contributed by atoms with Crippen molar-refractivity contribution >= 4 is 29.1 Å². The molecule has 7 nitrogen and oxygen atoms in total. The van der Waals surface area contributed by atoms with E-state index in [1.807, 2.05) is 40.1 Å². The van der Waals surface area contributed by atoms with Crippen molar-refractivity contribution in [2.75, 3.05) is 44.8 Å². The zero-order valence-corrected chi connectivity index (χ0v) is 17.4. The number of carbonyl (C=O) groups is 2. The number of hydrogen-bond donors (Lipinski definition) is 1. The molecule has 1 fully saturated rings. The SMILES string of the molecule is O=C(CN1CCN(C(=O)CCc2ccc3c(c2)OCO3)CC1)Nc1ccccc1Cl. The first-order valence-corrected chi connectivity index (χ1v) is 10.4. The van der Waals surface area contributed by atoms with Crippen molar-refractivity contribution in [1.29, 1.82) is 0 Å². The third kappa shape index (κ3) is 5.04. The number of para-hydroxylation sites is 1. The average molecular weight is 430 g/mol. The summed E-state index contributed by atoms with van der Waals surface area (Å²) in [5, 5.41) is 3.35. The third-order valence-corrected chi connectivity index (χ3v) is 5.63. The third-order valence-electron chi connectivity index (χ3n) is 5.30. The van der Waals surface area contributed by atoms with Gasteiger partial charge in [-0.15, -0.1) is 0 Å². The molecular weight excluding hydrogens is 406 g/mol. The quantitative estimate of drug-likeness (QED) is 0.764. The normalized spacial score (nSPS) is 15.8. The van der Waals surface area contributed by atoms with Crippen LogP contribution < -0.4 is 14.8 Å². The van der Waals surface area contributed by atoms with E-state index in [9.17, 15) is 9.59 Å². The maximum absolute atomic E-state index is 12.6. The van der Waals surface area contributed by atoms with Crippen LogP contribution >= 0.6 is 11.6 Å². The van der Waals surface area contributed by atoms with Crippen molar-refractivity contribution in [1.82, 2.24) is 9.80 Å². The monoisotopic (exact) mass is 429 g/mol. The molecule has 2 heterocycles. The van der Waals surface area contributed by atoms with Gasteiger partial charge in [0.1, 0.15) is 0 Å². The highest BCUT2D eigenvalue weighted by Gasteiger charge is 2.23. The average Bonchev–Trinajstić information content (AvgIpc) is 3.22. The van der Waals surface area contributed by atoms with Gasteiger partial charge in [-0.1, -0.05) is 29.8 Å². The van der Waals surface area contributed by atoms with Gasteiger partial charge in [-0.05, 0) is 36.2 Å². The van der Waals surface area contributed by atoms with Gasteiger partial charge in [0.05, 0.1) is 17.3 Å². The van der Waals surface area contributed by atoms with Crippen LogP contribution in [0, 0.1) is 0 Å². The molecular formula is C22H24ClN3O4. The summed E-state index contributed by atoms with van der Waals surface area (Å²) in [6, 6.07) is 13.0. The number of nitrogens with one attached hydrogen (secondary N) is 1. The topological polar surface area (TPSA) is 71.1 Å². The molecule has 30 heavy (non-hydrogen) atoms. The summed E-state index contributed by atoms with van der Waals surface area (Å²) in [6.07, 6.45) is 1.11. The fourth-order valence-corrected chi connectivity index (χ4v) is 3.80. The number of fused-ring (bicyclic) bond motifs is 1. The Morgan fingerprint density at radius 1 is 1.00 bits per heavy atom. The van der Waals surface area contributed by atoms with Crippen LogP contribution in [0.5, 0.6) is 11.5 Å². The Hall–Kier alpha value is -2.77. The molecule has 8 heteroatoms. The second-order valence-corrected chi connectivity index (χ2v) is 7.78. The van der Waals surface area contributed by atoms with Crippen LogP contribution in [0.2, 0.25) is 5.02 Å². The summed E-state index contributed by atoms with van der Waals surface area (Å²) in [7, 11) is 0. The van der Waals surface area contributed by atoms with Crippen molar-refractivity contribution in [2.24, 2.45) is 0 Å². The van der Waals surface area contributed by atoms with Crippen LogP contribution in [0.3, 0.4) is 0 Å². The summed E-state index contributed by atoms with van der Waals surface area (Å²) in [6.45, 7) is 3.12. The second-order valence-electron chi connectivity index (χ2n) is 7.37. The first-order valence-electron chi connectivity index (χ1n) is 10.0. The molecule has 0 aromatic heterocycles. The minimum absolute atomic E-state index is 0.106. The first-order chi connectivity index (χ1) is 14.6. The molecule has 2 aliphatic rings. The van der Waals surface area contributed by atoms with Crippen molar-refractivity contribution in [3.8, 4) is 11.5 Å². The zero-order valence-electron chi connectivity index (χ0n) is 16.6. The molecule has 1 saturated heterocycles. The lowest BCUT2D eigenvalue weighted by molar-refractivity contribution is -0.133.